The zero-order valence-electron chi connectivity index (χ0n) is 12.9. The van der Waals surface area contributed by atoms with Gasteiger partial charge in [-0.25, -0.2) is 0 Å². The smallest absolute Gasteiger partial charge is 0.132 e. The first-order valence-electron chi connectivity index (χ1n) is 8.55. The largest absolute Gasteiger partial charge is 0.317 e. The van der Waals surface area contributed by atoms with E-state index in [1.54, 1.807) is 0 Å². The summed E-state index contributed by atoms with van der Waals surface area (Å²) in [6, 6.07) is 0. The molecule has 1 saturated heterocycles. The number of rotatable bonds is 11. The summed E-state index contributed by atoms with van der Waals surface area (Å²) < 4.78 is 0. The molecular formula is C17H33NO. The Morgan fingerprint density at radius 3 is 2.26 bits per heavy atom. The second-order valence-corrected chi connectivity index (χ2v) is 6.14. The van der Waals surface area contributed by atoms with E-state index in [9.17, 15) is 4.79 Å². The van der Waals surface area contributed by atoms with Gasteiger partial charge in [0.2, 0.25) is 0 Å². The Hall–Kier alpha value is -0.370. The Labute approximate surface area is 119 Å². The number of ketones is 1. The van der Waals surface area contributed by atoms with E-state index >= 15 is 0 Å². The Bertz CT molecular complexity index is 221. The van der Waals surface area contributed by atoms with Crippen molar-refractivity contribution >= 4 is 5.78 Å². The standard InChI is InChI=1S/C17H33NO/c1-2-3-4-5-6-7-8-9-17(19)11-10-16-12-14-18-15-13-16/h16,18H,2-15H2,1H3. The van der Waals surface area contributed by atoms with Crippen LogP contribution in [-0.4, -0.2) is 18.9 Å². The third kappa shape index (κ3) is 9.21. The average molecular weight is 267 g/mol. The highest BCUT2D eigenvalue weighted by atomic mass is 16.1. The van der Waals surface area contributed by atoms with Crippen LogP contribution in [0.15, 0.2) is 0 Å². The second-order valence-electron chi connectivity index (χ2n) is 6.14. The predicted octanol–water partition coefficient (Wildman–Crippen LogP) is 4.48. The van der Waals surface area contributed by atoms with Crippen molar-refractivity contribution in [2.45, 2.75) is 84.0 Å². The number of hydrogen-bond donors (Lipinski definition) is 1. The van der Waals surface area contributed by atoms with Crippen molar-refractivity contribution in [1.82, 2.24) is 5.32 Å². The van der Waals surface area contributed by atoms with Crippen LogP contribution in [0.4, 0.5) is 0 Å². The summed E-state index contributed by atoms with van der Waals surface area (Å²) in [6.45, 7) is 4.55. The molecule has 2 nitrogen and oxygen atoms in total. The Kier molecular flexibility index (Phi) is 10.1. The van der Waals surface area contributed by atoms with Gasteiger partial charge in [0.1, 0.15) is 5.78 Å². The molecule has 19 heavy (non-hydrogen) atoms. The first-order chi connectivity index (χ1) is 9.33. The monoisotopic (exact) mass is 267 g/mol. The number of carbonyl (C=O) groups excluding carboxylic acids is 1. The molecular weight excluding hydrogens is 234 g/mol. The van der Waals surface area contributed by atoms with Crippen LogP contribution in [0.3, 0.4) is 0 Å². The van der Waals surface area contributed by atoms with E-state index < -0.39 is 0 Å². The molecule has 1 N–H and O–H groups in total. The molecule has 0 spiro atoms. The Balaban J connectivity index is 1.87. The summed E-state index contributed by atoms with van der Waals surface area (Å²) in [7, 11) is 0. The van der Waals surface area contributed by atoms with Gasteiger partial charge < -0.3 is 5.32 Å². The maximum Gasteiger partial charge on any atom is 0.132 e. The molecule has 2 heteroatoms. The van der Waals surface area contributed by atoms with Gasteiger partial charge in [0, 0.05) is 12.8 Å². The normalized spacial score (nSPS) is 16.7. The fourth-order valence-corrected chi connectivity index (χ4v) is 2.94. The minimum absolute atomic E-state index is 0.507. The summed E-state index contributed by atoms with van der Waals surface area (Å²) in [5.41, 5.74) is 0. The van der Waals surface area contributed by atoms with Crippen molar-refractivity contribution in [3.05, 3.63) is 0 Å². The van der Waals surface area contributed by atoms with Crippen LogP contribution in [0.1, 0.15) is 84.0 Å². The van der Waals surface area contributed by atoms with E-state index in [1.165, 1.54) is 51.4 Å². The summed E-state index contributed by atoms with van der Waals surface area (Å²) in [5.74, 6) is 1.31. The second kappa shape index (κ2) is 11.5. The molecule has 112 valence electrons. The van der Waals surface area contributed by atoms with E-state index in [0.717, 1.165) is 44.7 Å². The van der Waals surface area contributed by atoms with Crippen molar-refractivity contribution in [3.8, 4) is 0 Å². The third-order valence-electron chi connectivity index (χ3n) is 4.35. The average Bonchev–Trinajstić information content (AvgIpc) is 2.45. The molecule has 0 unspecified atom stereocenters. The fourth-order valence-electron chi connectivity index (χ4n) is 2.94. The molecule has 0 aromatic carbocycles. The molecule has 0 aromatic rings. The molecule has 1 aliphatic rings. The lowest BCUT2D eigenvalue weighted by Gasteiger charge is -2.22. The van der Waals surface area contributed by atoms with Crippen LogP contribution in [0.25, 0.3) is 0 Å². The zero-order chi connectivity index (χ0) is 13.8. The van der Waals surface area contributed by atoms with Gasteiger partial charge in [0.25, 0.3) is 0 Å². The topological polar surface area (TPSA) is 29.1 Å². The number of carbonyl (C=O) groups is 1. The molecule has 0 bridgehead atoms. The van der Waals surface area contributed by atoms with Gasteiger partial charge in [-0.3, -0.25) is 4.79 Å². The van der Waals surface area contributed by atoms with Gasteiger partial charge in [-0.2, -0.15) is 0 Å². The van der Waals surface area contributed by atoms with E-state index in [4.69, 9.17) is 0 Å². The highest BCUT2D eigenvalue weighted by molar-refractivity contribution is 5.78. The molecule has 0 aromatic heterocycles. The van der Waals surface area contributed by atoms with Gasteiger partial charge >= 0.3 is 0 Å². The van der Waals surface area contributed by atoms with Gasteiger partial charge in [0.05, 0.1) is 0 Å². The maximum absolute atomic E-state index is 11.8. The van der Waals surface area contributed by atoms with Gasteiger partial charge in [0.15, 0.2) is 0 Å². The van der Waals surface area contributed by atoms with Crippen LogP contribution in [0.2, 0.25) is 0 Å². The van der Waals surface area contributed by atoms with Crippen LogP contribution < -0.4 is 5.32 Å². The number of nitrogens with one attached hydrogen (secondary N) is 1. The number of piperidine rings is 1. The lowest BCUT2D eigenvalue weighted by atomic mass is 9.91. The number of hydrogen-bond acceptors (Lipinski definition) is 2. The molecule has 1 aliphatic heterocycles. The first kappa shape index (κ1) is 16.7. The Morgan fingerprint density at radius 2 is 1.58 bits per heavy atom. The number of unbranched alkanes of at least 4 members (excludes halogenated alkanes) is 6. The van der Waals surface area contributed by atoms with E-state index in [-0.39, 0.29) is 0 Å². The van der Waals surface area contributed by atoms with Crippen molar-refractivity contribution in [3.63, 3.8) is 0 Å². The summed E-state index contributed by atoms with van der Waals surface area (Å²) in [4.78, 5) is 11.8. The van der Waals surface area contributed by atoms with Crippen molar-refractivity contribution in [1.29, 1.82) is 0 Å². The summed E-state index contributed by atoms with van der Waals surface area (Å²) >= 11 is 0. The zero-order valence-corrected chi connectivity index (χ0v) is 12.9. The summed E-state index contributed by atoms with van der Waals surface area (Å²) in [6.07, 6.45) is 14.5. The SMILES string of the molecule is CCCCCCCCCC(=O)CCC1CCNCC1. The third-order valence-corrected chi connectivity index (χ3v) is 4.35. The van der Waals surface area contributed by atoms with Crippen LogP contribution in [-0.2, 0) is 4.79 Å². The van der Waals surface area contributed by atoms with E-state index in [0.29, 0.717) is 5.78 Å². The van der Waals surface area contributed by atoms with Crippen LogP contribution in [0.5, 0.6) is 0 Å². The van der Waals surface area contributed by atoms with Gasteiger partial charge in [-0.15, -0.1) is 0 Å². The van der Waals surface area contributed by atoms with Crippen LogP contribution in [0, 0.1) is 5.92 Å². The Morgan fingerprint density at radius 1 is 0.947 bits per heavy atom. The van der Waals surface area contributed by atoms with Gasteiger partial charge in [-0.05, 0) is 44.7 Å². The lowest BCUT2D eigenvalue weighted by molar-refractivity contribution is -0.119. The van der Waals surface area contributed by atoms with Crippen molar-refractivity contribution in [2.75, 3.05) is 13.1 Å². The molecule has 1 fully saturated rings. The van der Waals surface area contributed by atoms with E-state index in [2.05, 4.69) is 12.2 Å². The molecule has 0 saturated carbocycles. The molecule has 1 heterocycles. The maximum atomic E-state index is 11.8. The minimum Gasteiger partial charge on any atom is -0.317 e. The predicted molar refractivity (Wildman–Crippen MR) is 82.4 cm³/mol. The minimum atomic E-state index is 0.507. The van der Waals surface area contributed by atoms with Crippen molar-refractivity contribution in [2.24, 2.45) is 5.92 Å². The highest BCUT2D eigenvalue weighted by Crippen LogP contribution is 2.18. The molecule has 0 atom stereocenters. The molecule has 1 rings (SSSR count). The van der Waals surface area contributed by atoms with Crippen LogP contribution >= 0.6 is 0 Å². The van der Waals surface area contributed by atoms with E-state index in [1.807, 2.05) is 0 Å². The van der Waals surface area contributed by atoms with Gasteiger partial charge in [-0.1, -0.05) is 45.4 Å². The summed E-state index contributed by atoms with van der Waals surface area (Å²) in [5, 5.41) is 3.38. The quantitative estimate of drug-likeness (QED) is 0.559. The fraction of sp³-hybridized carbons (Fsp3) is 0.941. The van der Waals surface area contributed by atoms with Crippen molar-refractivity contribution < 1.29 is 4.79 Å². The molecule has 0 amide bonds. The lowest BCUT2D eigenvalue weighted by Crippen LogP contribution is -2.27. The molecule has 0 radical (unpaired) electrons. The molecule has 0 aliphatic carbocycles. The number of Topliss-reactive ketones (excluding diaryl/α,β-unsaturated/α-hetero) is 1. The highest BCUT2D eigenvalue weighted by Gasteiger charge is 2.14. The first-order valence-corrected chi connectivity index (χ1v) is 8.55.